The van der Waals surface area contributed by atoms with E-state index in [4.69, 9.17) is 5.73 Å². The number of halogens is 1. The van der Waals surface area contributed by atoms with Crippen molar-refractivity contribution in [2.45, 2.75) is 5.92 Å². The van der Waals surface area contributed by atoms with E-state index in [0.717, 1.165) is 21.4 Å². The van der Waals surface area contributed by atoms with E-state index in [9.17, 15) is 0 Å². The van der Waals surface area contributed by atoms with E-state index in [0.29, 0.717) is 12.2 Å². The second-order valence-corrected chi connectivity index (χ2v) is 5.26. The van der Waals surface area contributed by atoms with Gasteiger partial charge in [-0.2, -0.15) is 0 Å². The lowest BCUT2D eigenvalue weighted by Gasteiger charge is -2.11. The van der Waals surface area contributed by atoms with Gasteiger partial charge in [-0.15, -0.1) is 0 Å². The molecule has 0 fully saturated rings. The molecule has 96 valence electrons. The predicted molar refractivity (Wildman–Crippen MR) is 78.9 cm³/mol. The van der Waals surface area contributed by atoms with Crippen molar-refractivity contribution < 1.29 is 0 Å². The molecule has 1 unspecified atom stereocenters. The van der Waals surface area contributed by atoms with Crippen molar-refractivity contribution in [2.24, 2.45) is 5.73 Å². The zero-order valence-electron chi connectivity index (χ0n) is 10.2. The first kappa shape index (κ1) is 12.3. The molecule has 1 aromatic carbocycles. The number of aromatic nitrogens is 3. The van der Waals surface area contributed by atoms with Gasteiger partial charge in [-0.1, -0.05) is 30.3 Å². The number of H-pyrrole nitrogens is 1. The summed E-state index contributed by atoms with van der Waals surface area (Å²) in [7, 11) is 0. The molecule has 3 N–H and O–H groups in total. The number of nitrogens with two attached hydrogens (primary N) is 1. The van der Waals surface area contributed by atoms with Crippen LogP contribution in [0.2, 0.25) is 0 Å². The van der Waals surface area contributed by atoms with Crippen molar-refractivity contribution in [2.75, 3.05) is 6.54 Å². The van der Waals surface area contributed by atoms with Crippen LogP contribution < -0.4 is 5.73 Å². The molecular formula is C14H13BrN4. The molecule has 0 spiro atoms. The van der Waals surface area contributed by atoms with Crippen LogP contribution in [0.25, 0.3) is 11.2 Å². The molecule has 0 saturated carbocycles. The van der Waals surface area contributed by atoms with Gasteiger partial charge in [0.15, 0.2) is 5.65 Å². The highest BCUT2D eigenvalue weighted by Gasteiger charge is 2.16. The first-order valence-electron chi connectivity index (χ1n) is 6.04. The highest BCUT2D eigenvalue weighted by atomic mass is 79.9. The Morgan fingerprint density at radius 1 is 1.26 bits per heavy atom. The highest BCUT2D eigenvalue weighted by Crippen LogP contribution is 2.24. The van der Waals surface area contributed by atoms with Crippen LogP contribution in [0, 0.1) is 0 Å². The molecule has 0 aliphatic carbocycles. The van der Waals surface area contributed by atoms with Crippen molar-refractivity contribution in [3.63, 3.8) is 0 Å². The Morgan fingerprint density at radius 2 is 2.05 bits per heavy atom. The molecule has 3 rings (SSSR count). The van der Waals surface area contributed by atoms with Crippen LogP contribution in [-0.4, -0.2) is 21.5 Å². The summed E-state index contributed by atoms with van der Waals surface area (Å²) in [6, 6.07) is 12.1. The van der Waals surface area contributed by atoms with E-state index < -0.39 is 0 Å². The summed E-state index contributed by atoms with van der Waals surface area (Å²) in [4.78, 5) is 12.1. The second-order valence-electron chi connectivity index (χ2n) is 4.35. The van der Waals surface area contributed by atoms with Gasteiger partial charge in [0, 0.05) is 17.2 Å². The third-order valence-electron chi connectivity index (χ3n) is 3.09. The summed E-state index contributed by atoms with van der Waals surface area (Å²) in [5.74, 6) is 0.920. The monoisotopic (exact) mass is 316 g/mol. The third kappa shape index (κ3) is 2.39. The summed E-state index contributed by atoms with van der Waals surface area (Å²) < 4.78 is 0.930. The minimum atomic E-state index is 0.0641. The van der Waals surface area contributed by atoms with Crippen LogP contribution in [-0.2, 0) is 0 Å². The van der Waals surface area contributed by atoms with E-state index in [-0.39, 0.29) is 5.92 Å². The van der Waals surface area contributed by atoms with Crippen molar-refractivity contribution >= 4 is 27.1 Å². The Hall–Kier alpha value is -1.72. The van der Waals surface area contributed by atoms with E-state index in [1.54, 1.807) is 6.20 Å². The van der Waals surface area contributed by atoms with Crippen molar-refractivity contribution in [3.8, 4) is 0 Å². The van der Waals surface area contributed by atoms with Gasteiger partial charge in [0.05, 0.1) is 11.4 Å². The van der Waals surface area contributed by atoms with Gasteiger partial charge in [0.1, 0.15) is 5.82 Å². The topological polar surface area (TPSA) is 67.6 Å². The van der Waals surface area contributed by atoms with Gasteiger partial charge in [-0.25, -0.2) is 9.97 Å². The summed E-state index contributed by atoms with van der Waals surface area (Å²) in [5.41, 5.74) is 8.69. The highest BCUT2D eigenvalue weighted by molar-refractivity contribution is 9.10. The SMILES string of the molecule is NCC(c1ccccc1)c1nc2ncc(Br)cc2[nH]1. The molecule has 0 amide bonds. The van der Waals surface area contributed by atoms with Gasteiger partial charge >= 0.3 is 0 Å². The molecule has 0 radical (unpaired) electrons. The number of nitrogens with one attached hydrogen (secondary N) is 1. The number of benzene rings is 1. The van der Waals surface area contributed by atoms with Gasteiger partial charge in [0.25, 0.3) is 0 Å². The average Bonchev–Trinajstić information content (AvgIpc) is 2.83. The molecule has 0 aliphatic heterocycles. The van der Waals surface area contributed by atoms with Gasteiger partial charge in [-0.05, 0) is 27.6 Å². The van der Waals surface area contributed by atoms with Crippen LogP contribution in [0.1, 0.15) is 17.3 Å². The lowest BCUT2D eigenvalue weighted by molar-refractivity contribution is 0.768. The number of nitrogens with zero attached hydrogens (tertiary/aromatic N) is 2. The molecular weight excluding hydrogens is 304 g/mol. The Balaban J connectivity index is 2.07. The largest absolute Gasteiger partial charge is 0.340 e. The van der Waals surface area contributed by atoms with Gasteiger partial charge in [0.2, 0.25) is 0 Å². The normalized spacial score (nSPS) is 12.7. The first-order chi connectivity index (χ1) is 9.28. The van der Waals surface area contributed by atoms with E-state index in [1.807, 2.05) is 24.3 Å². The second kappa shape index (κ2) is 5.11. The van der Waals surface area contributed by atoms with E-state index in [1.165, 1.54) is 0 Å². The molecule has 19 heavy (non-hydrogen) atoms. The molecule has 3 aromatic rings. The molecule has 2 aromatic heterocycles. The molecule has 1 atom stereocenters. The maximum absolute atomic E-state index is 5.90. The fourth-order valence-electron chi connectivity index (χ4n) is 2.15. The van der Waals surface area contributed by atoms with E-state index >= 15 is 0 Å². The fourth-order valence-corrected chi connectivity index (χ4v) is 2.48. The molecule has 2 heterocycles. The molecule has 4 nitrogen and oxygen atoms in total. The van der Waals surface area contributed by atoms with Crippen molar-refractivity contribution in [3.05, 3.63) is 58.5 Å². The zero-order valence-corrected chi connectivity index (χ0v) is 11.8. The zero-order chi connectivity index (χ0) is 13.2. The minimum absolute atomic E-state index is 0.0641. The quantitative estimate of drug-likeness (QED) is 0.780. The number of aromatic amines is 1. The van der Waals surface area contributed by atoms with Crippen LogP contribution in [0.5, 0.6) is 0 Å². The molecule has 0 bridgehead atoms. The lowest BCUT2D eigenvalue weighted by atomic mass is 9.99. The Labute approximate surface area is 119 Å². The van der Waals surface area contributed by atoms with Crippen molar-refractivity contribution in [1.82, 2.24) is 15.0 Å². The first-order valence-corrected chi connectivity index (χ1v) is 6.83. The number of pyridine rings is 1. The summed E-state index contributed by atoms with van der Waals surface area (Å²) in [6.07, 6.45) is 1.74. The number of rotatable bonds is 3. The number of hydrogen-bond acceptors (Lipinski definition) is 3. The molecule has 5 heteroatoms. The van der Waals surface area contributed by atoms with Crippen LogP contribution in [0.4, 0.5) is 0 Å². The number of imidazole rings is 1. The fraction of sp³-hybridized carbons (Fsp3) is 0.143. The Bertz CT molecular complexity index is 693. The average molecular weight is 317 g/mol. The maximum Gasteiger partial charge on any atom is 0.177 e. The number of fused-ring (bicyclic) bond motifs is 1. The Kier molecular flexibility index (Phi) is 3.31. The smallest absolute Gasteiger partial charge is 0.177 e. The maximum atomic E-state index is 5.90. The van der Waals surface area contributed by atoms with Gasteiger partial charge in [-0.3, -0.25) is 0 Å². The van der Waals surface area contributed by atoms with Crippen LogP contribution >= 0.6 is 15.9 Å². The third-order valence-corrected chi connectivity index (χ3v) is 3.52. The Morgan fingerprint density at radius 3 is 2.79 bits per heavy atom. The lowest BCUT2D eigenvalue weighted by Crippen LogP contribution is -2.15. The molecule has 0 saturated heterocycles. The predicted octanol–water partition coefficient (Wildman–Crippen LogP) is 2.81. The van der Waals surface area contributed by atoms with Crippen LogP contribution in [0.15, 0.2) is 47.1 Å². The minimum Gasteiger partial charge on any atom is -0.340 e. The number of hydrogen-bond donors (Lipinski definition) is 2. The van der Waals surface area contributed by atoms with E-state index in [2.05, 4.69) is 43.0 Å². The molecule has 0 aliphatic rings. The summed E-state index contributed by atoms with van der Waals surface area (Å²) in [5, 5.41) is 0. The van der Waals surface area contributed by atoms with Crippen LogP contribution in [0.3, 0.4) is 0 Å². The van der Waals surface area contributed by atoms with Crippen molar-refractivity contribution in [1.29, 1.82) is 0 Å². The van der Waals surface area contributed by atoms with Gasteiger partial charge < -0.3 is 10.7 Å². The summed E-state index contributed by atoms with van der Waals surface area (Å²) in [6.45, 7) is 0.505. The summed E-state index contributed by atoms with van der Waals surface area (Å²) >= 11 is 3.41. The standard InChI is InChI=1S/C14H13BrN4/c15-10-6-12-14(17-8-10)19-13(18-12)11(7-16)9-4-2-1-3-5-9/h1-6,8,11H,7,16H2,(H,17,18,19).